The number of nitrogens with zero attached hydrogens (tertiary/aromatic N) is 1. The molecule has 1 fully saturated rings. The van der Waals surface area contributed by atoms with E-state index in [1.807, 2.05) is 30.3 Å². The summed E-state index contributed by atoms with van der Waals surface area (Å²) < 4.78 is 17.1. The van der Waals surface area contributed by atoms with Crippen molar-refractivity contribution in [3.63, 3.8) is 0 Å². The maximum atomic E-state index is 5.96. The van der Waals surface area contributed by atoms with Crippen LogP contribution in [0.15, 0.2) is 48.5 Å². The maximum absolute atomic E-state index is 5.96. The average Bonchev–Trinajstić information content (AvgIpc) is 3.22. The number of benzene rings is 2. The lowest BCUT2D eigenvalue weighted by Gasteiger charge is -2.34. The minimum Gasteiger partial charge on any atom is -0.493 e. The molecule has 0 saturated carbocycles. The number of aryl methyl sites for hydroxylation is 1. The van der Waals surface area contributed by atoms with Gasteiger partial charge in [0.2, 0.25) is 0 Å². The number of hydrogen-bond acceptors (Lipinski definition) is 4. The minimum absolute atomic E-state index is 0.613. The van der Waals surface area contributed by atoms with Crippen molar-refractivity contribution in [1.82, 2.24) is 4.90 Å². The van der Waals surface area contributed by atoms with Gasteiger partial charge < -0.3 is 14.2 Å². The molecule has 0 atom stereocenters. The van der Waals surface area contributed by atoms with Gasteiger partial charge in [0.05, 0.1) is 6.61 Å². The van der Waals surface area contributed by atoms with Gasteiger partial charge in [0.1, 0.15) is 18.1 Å². The van der Waals surface area contributed by atoms with Crippen LogP contribution in [0, 0.1) is 0 Å². The lowest BCUT2D eigenvalue weighted by atomic mass is 10.0. The summed E-state index contributed by atoms with van der Waals surface area (Å²) in [4.78, 5) is 2.61. The molecule has 0 unspecified atom stereocenters. The monoisotopic (exact) mass is 381 g/mol. The molecule has 0 bridgehead atoms. The number of fused-ring (bicyclic) bond motifs is 1. The van der Waals surface area contributed by atoms with E-state index in [1.54, 1.807) is 0 Å². The lowest BCUT2D eigenvalue weighted by molar-refractivity contribution is 0.0290. The summed E-state index contributed by atoms with van der Waals surface area (Å²) in [5.74, 6) is 2.03. The first kappa shape index (κ1) is 19.3. The van der Waals surface area contributed by atoms with Gasteiger partial charge in [-0.3, -0.25) is 4.90 Å². The maximum Gasteiger partial charge on any atom is 0.122 e. The number of ether oxygens (including phenoxy) is 3. The third-order valence-electron chi connectivity index (χ3n) is 5.76. The van der Waals surface area contributed by atoms with E-state index in [9.17, 15) is 0 Å². The van der Waals surface area contributed by atoms with Crippen LogP contribution in [-0.4, -0.2) is 50.5 Å². The SMILES string of the molecule is c1ccc(OCCN(CCCc2ccc3c(c2)CCO3)C2CCOCC2)cc1. The molecule has 0 amide bonds. The highest BCUT2D eigenvalue weighted by Crippen LogP contribution is 2.26. The first-order valence-electron chi connectivity index (χ1n) is 10.6. The molecule has 2 aromatic rings. The van der Waals surface area contributed by atoms with Crippen LogP contribution in [0.2, 0.25) is 0 Å². The predicted molar refractivity (Wildman–Crippen MR) is 111 cm³/mol. The molecule has 2 heterocycles. The Morgan fingerprint density at radius 1 is 0.964 bits per heavy atom. The summed E-state index contributed by atoms with van der Waals surface area (Å²) in [5, 5.41) is 0. The summed E-state index contributed by atoms with van der Waals surface area (Å²) in [6.07, 6.45) is 5.59. The van der Waals surface area contributed by atoms with Gasteiger partial charge in [-0.2, -0.15) is 0 Å². The Labute approximate surface area is 168 Å². The molecule has 4 rings (SSSR count). The molecule has 28 heavy (non-hydrogen) atoms. The standard InChI is InChI=1S/C24H31NO3/c1-2-6-23(7-3-1)27-18-14-25(22-11-15-26-16-12-22)13-4-5-20-8-9-24-21(19-20)10-17-28-24/h1-3,6-9,19,22H,4-5,10-18H2. The van der Waals surface area contributed by atoms with Crippen molar-refractivity contribution in [3.05, 3.63) is 59.7 Å². The van der Waals surface area contributed by atoms with Gasteiger partial charge >= 0.3 is 0 Å². The Morgan fingerprint density at radius 3 is 2.68 bits per heavy atom. The van der Waals surface area contributed by atoms with Gasteiger partial charge in [-0.15, -0.1) is 0 Å². The second-order valence-electron chi connectivity index (χ2n) is 7.69. The van der Waals surface area contributed by atoms with Crippen molar-refractivity contribution in [2.24, 2.45) is 0 Å². The Kier molecular flexibility index (Phi) is 6.85. The molecule has 0 radical (unpaired) electrons. The highest BCUT2D eigenvalue weighted by molar-refractivity contribution is 5.39. The van der Waals surface area contributed by atoms with Crippen molar-refractivity contribution in [1.29, 1.82) is 0 Å². The van der Waals surface area contributed by atoms with Crippen molar-refractivity contribution < 1.29 is 14.2 Å². The summed E-state index contributed by atoms with van der Waals surface area (Å²) in [5.41, 5.74) is 2.80. The van der Waals surface area contributed by atoms with E-state index in [0.717, 1.165) is 76.7 Å². The fourth-order valence-electron chi connectivity index (χ4n) is 4.21. The summed E-state index contributed by atoms with van der Waals surface area (Å²) in [6.45, 7) is 5.40. The van der Waals surface area contributed by atoms with E-state index in [-0.39, 0.29) is 0 Å². The van der Waals surface area contributed by atoms with Crippen LogP contribution in [0.1, 0.15) is 30.4 Å². The van der Waals surface area contributed by atoms with Crippen molar-refractivity contribution >= 4 is 0 Å². The zero-order valence-corrected chi connectivity index (χ0v) is 16.6. The first-order valence-corrected chi connectivity index (χ1v) is 10.6. The zero-order chi connectivity index (χ0) is 19.0. The normalized spacial score (nSPS) is 16.8. The first-order chi connectivity index (χ1) is 13.9. The van der Waals surface area contributed by atoms with E-state index in [2.05, 4.69) is 23.1 Å². The molecule has 2 aliphatic rings. The quantitative estimate of drug-likeness (QED) is 0.654. The van der Waals surface area contributed by atoms with Crippen LogP contribution in [0.5, 0.6) is 11.5 Å². The molecule has 2 aromatic carbocycles. The molecule has 4 nitrogen and oxygen atoms in total. The fourth-order valence-corrected chi connectivity index (χ4v) is 4.21. The van der Waals surface area contributed by atoms with Gasteiger partial charge in [-0.1, -0.05) is 30.3 Å². The van der Waals surface area contributed by atoms with Crippen molar-refractivity contribution in [2.75, 3.05) is 39.5 Å². The van der Waals surface area contributed by atoms with Crippen LogP contribution >= 0.6 is 0 Å². The van der Waals surface area contributed by atoms with Crippen molar-refractivity contribution in [2.45, 2.75) is 38.1 Å². The molecule has 150 valence electrons. The molecule has 2 aliphatic heterocycles. The number of rotatable bonds is 9. The molecule has 0 aliphatic carbocycles. The highest BCUT2D eigenvalue weighted by Gasteiger charge is 2.21. The van der Waals surface area contributed by atoms with Crippen LogP contribution in [0.25, 0.3) is 0 Å². The molecule has 0 N–H and O–H groups in total. The van der Waals surface area contributed by atoms with Crippen molar-refractivity contribution in [3.8, 4) is 11.5 Å². The second kappa shape index (κ2) is 9.94. The Bertz CT molecular complexity index is 728. The van der Waals surface area contributed by atoms with E-state index >= 15 is 0 Å². The molecule has 4 heteroatoms. The topological polar surface area (TPSA) is 30.9 Å². The fraction of sp³-hybridized carbons (Fsp3) is 0.500. The van der Waals surface area contributed by atoms with E-state index in [4.69, 9.17) is 14.2 Å². The largest absolute Gasteiger partial charge is 0.493 e. The average molecular weight is 382 g/mol. The van der Waals surface area contributed by atoms with Gasteiger partial charge in [0.15, 0.2) is 0 Å². The molecule has 0 spiro atoms. The number of para-hydroxylation sites is 1. The van der Waals surface area contributed by atoms with Gasteiger partial charge in [0, 0.05) is 32.2 Å². The van der Waals surface area contributed by atoms with Gasteiger partial charge in [-0.25, -0.2) is 0 Å². The second-order valence-corrected chi connectivity index (χ2v) is 7.69. The van der Waals surface area contributed by atoms with Gasteiger partial charge in [-0.05, 0) is 61.6 Å². The van der Waals surface area contributed by atoms with E-state index in [0.29, 0.717) is 6.04 Å². The third kappa shape index (κ3) is 5.27. The molecular formula is C24H31NO3. The Balaban J connectivity index is 1.28. The smallest absolute Gasteiger partial charge is 0.122 e. The third-order valence-corrected chi connectivity index (χ3v) is 5.76. The Hall–Kier alpha value is -2.04. The number of hydrogen-bond donors (Lipinski definition) is 0. The highest BCUT2D eigenvalue weighted by atomic mass is 16.5. The van der Waals surface area contributed by atoms with Crippen LogP contribution in [0.3, 0.4) is 0 Å². The van der Waals surface area contributed by atoms with Crippen LogP contribution in [-0.2, 0) is 17.6 Å². The summed E-state index contributed by atoms with van der Waals surface area (Å²) in [7, 11) is 0. The van der Waals surface area contributed by atoms with Crippen LogP contribution < -0.4 is 9.47 Å². The van der Waals surface area contributed by atoms with Crippen LogP contribution in [0.4, 0.5) is 0 Å². The molecule has 0 aromatic heterocycles. The summed E-state index contributed by atoms with van der Waals surface area (Å²) in [6, 6.07) is 17.4. The molecule has 1 saturated heterocycles. The Morgan fingerprint density at radius 2 is 1.82 bits per heavy atom. The summed E-state index contributed by atoms with van der Waals surface area (Å²) >= 11 is 0. The zero-order valence-electron chi connectivity index (χ0n) is 16.6. The molecular weight excluding hydrogens is 350 g/mol. The van der Waals surface area contributed by atoms with E-state index in [1.165, 1.54) is 17.5 Å². The lowest BCUT2D eigenvalue weighted by Crippen LogP contribution is -2.42. The van der Waals surface area contributed by atoms with E-state index < -0.39 is 0 Å². The predicted octanol–water partition coefficient (Wildman–Crippen LogP) is 4.11. The minimum atomic E-state index is 0.613. The van der Waals surface area contributed by atoms with Gasteiger partial charge in [0.25, 0.3) is 0 Å².